The van der Waals surface area contributed by atoms with Gasteiger partial charge in [0.2, 0.25) is 5.91 Å². The van der Waals surface area contributed by atoms with E-state index in [1.165, 1.54) is 12.3 Å². The van der Waals surface area contributed by atoms with Crippen LogP contribution in [-0.2, 0) is 11.3 Å². The van der Waals surface area contributed by atoms with Crippen molar-refractivity contribution in [2.75, 3.05) is 18.4 Å². The smallest absolute Gasteiger partial charge is 0.255 e. The molecule has 10 heteroatoms. The minimum Gasteiger partial charge on any atom is -0.366 e. The third-order valence-electron chi connectivity index (χ3n) is 5.18. The number of likely N-dealkylation sites (tertiary alicyclic amines) is 1. The average Bonchev–Trinajstić information content (AvgIpc) is 3.22. The Balaban J connectivity index is 1.41. The average molecular weight is 440 g/mol. The summed E-state index contributed by atoms with van der Waals surface area (Å²) >= 11 is 5.84. The highest BCUT2D eigenvalue weighted by Crippen LogP contribution is 2.19. The zero-order valence-corrected chi connectivity index (χ0v) is 17.5. The maximum Gasteiger partial charge on any atom is 0.255 e. The van der Waals surface area contributed by atoms with E-state index in [1.807, 2.05) is 0 Å². The van der Waals surface area contributed by atoms with Gasteiger partial charge in [-0.25, -0.2) is 9.97 Å². The number of nitrogens with zero attached hydrogens (tertiary/aromatic N) is 4. The maximum absolute atomic E-state index is 12.7. The molecule has 0 aliphatic carbocycles. The number of fused-ring (bicyclic) bond motifs is 1. The number of piperidine rings is 1. The number of carbonyl (C=O) groups excluding carboxylic acids is 2. The Morgan fingerprint density at radius 2 is 2.06 bits per heavy atom. The van der Waals surface area contributed by atoms with Crippen molar-refractivity contribution >= 4 is 40.4 Å². The third-order valence-corrected chi connectivity index (χ3v) is 5.40. The number of pyridine rings is 1. The van der Waals surface area contributed by atoms with E-state index in [0.29, 0.717) is 46.4 Å². The first kappa shape index (κ1) is 20.8. The van der Waals surface area contributed by atoms with Crippen molar-refractivity contribution in [1.82, 2.24) is 30.2 Å². The topological polar surface area (TPSA) is 116 Å². The van der Waals surface area contributed by atoms with Crippen molar-refractivity contribution in [3.63, 3.8) is 0 Å². The molecule has 3 aromatic rings. The summed E-state index contributed by atoms with van der Waals surface area (Å²) in [5, 5.41) is 6.74. The van der Waals surface area contributed by atoms with E-state index in [1.54, 1.807) is 29.4 Å². The van der Waals surface area contributed by atoms with Gasteiger partial charge < -0.3 is 20.5 Å². The first-order valence-corrected chi connectivity index (χ1v) is 10.3. The van der Waals surface area contributed by atoms with Crippen molar-refractivity contribution < 1.29 is 9.59 Å². The SMILES string of the molecule is C=CC(=O)N1CCC(Nc2cnc3[nH]cc(C(=O)NCc4ccc(Cl)cn4)c3n2)CC1. The van der Waals surface area contributed by atoms with Gasteiger partial charge in [0.25, 0.3) is 5.91 Å². The number of H-pyrrole nitrogens is 1. The van der Waals surface area contributed by atoms with Crippen LogP contribution in [0, 0.1) is 0 Å². The molecule has 3 aromatic heterocycles. The van der Waals surface area contributed by atoms with Gasteiger partial charge in [0.15, 0.2) is 5.65 Å². The molecule has 0 saturated carbocycles. The van der Waals surface area contributed by atoms with Crippen LogP contribution in [0.25, 0.3) is 11.2 Å². The molecule has 160 valence electrons. The van der Waals surface area contributed by atoms with E-state index in [4.69, 9.17) is 11.6 Å². The lowest BCUT2D eigenvalue weighted by Crippen LogP contribution is -2.41. The van der Waals surface area contributed by atoms with Gasteiger partial charge in [-0.2, -0.15) is 0 Å². The summed E-state index contributed by atoms with van der Waals surface area (Å²) in [5.74, 6) is 0.274. The van der Waals surface area contributed by atoms with Gasteiger partial charge in [-0.05, 0) is 31.1 Å². The highest BCUT2D eigenvalue weighted by Gasteiger charge is 2.22. The van der Waals surface area contributed by atoms with Crippen LogP contribution in [0.3, 0.4) is 0 Å². The fourth-order valence-electron chi connectivity index (χ4n) is 3.49. The predicted octanol–water partition coefficient (Wildman–Crippen LogP) is 2.53. The Morgan fingerprint density at radius 1 is 1.26 bits per heavy atom. The molecule has 0 atom stereocenters. The molecule has 1 fully saturated rings. The van der Waals surface area contributed by atoms with Gasteiger partial charge in [-0.15, -0.1) is 0 Å². The standard InChI is InChI=1S/C21H22ClN7O2/c1-2-18(30)29-7-5-14(6-8-29)27-17-12-25-20-19(28-17)16(11-24-20)21(31)26-10-15-4-3-13(22)9-23-15/h2-4,9,11-12,14H,1,5-8,10H2,(H,24,25)(H,26,31)(H,27,28). The Hall–Kier alpha value is -3.46. The molecule has 31 heavy (non-hydrogen) atoms. The Morgan fingerprint density at radius 3 is 2.77 bits per heavy atom. The van der Waals surface area contributed by atoms with Gasteiger partial charge in [0.05, 0.1) is 29.0 Å². The van der Waals surface area contributed by atoms with E-state index in [9.17, 15) is 9.59 Å². The summed E-state index contributed by atoms with van der Waals surface area (Å²) in [6.07, 6.45) is 7.71. The second kappa shape index (κ2) is 9.13. The molecule has 3 N–H and O–H groups in total. The van der Waals surface area contributed by atoms with E-state index < -0.39 is 0 Å². The number of nitrogens with one attached hydrogen (secondary N) is 3. The van der Waals surface area contributed by atoms with E-state index in [2.05, 4.69) is 37.1 Å². The van der Waals surface area contributed by atoms with Crippen LogP contribution in [0.4, 0.5) is 5.82 Å². The molecule has 1 aliphatic rings. The number of rotatable bonds is 6. The van der Waals surface area contributed by atoms with Gasteiger partial charge >= 0.3 is 0 Å². The molecule has 4 heterocycles. The molecular formula is C21H22ClN7O2. The fraction of sp³-hybridized carbons (Fsp3) is 0.286. The first-order valence-electron chi connectivity index (χ1n) is 9.94. The minimum absolute atomic E-state index is 0.0450. The second-order valence-corrected chi connectivity index (χ2v) is 7.69. The van der Waals surface area contributed by atoms with E-state index in [0.717, 1.165) is 12.8 Å². The number of amides is 2. The summed E-state index contributed by atoms with van der Waals surface area (Å²) in [6, 6.07) is 3.66. The summed E-state index contributed by atoms with van der Waals surface area (Å²) < 4.78 is 0. The summed E-state index contributed by atoms with van der Waals surface area (Å²) in [6.45, 7) is 5.13. The predicted molar refractivity (Wildman–Crippen MR) is 118 cm³/mol. The van der Waals surface area contributed by atoms with E-state index >= 15 is 0 Å². The van der Waals surface area contributed by atoms with Crippen LogP contribution in [-0.4, -0.2) is 55.8 Å². The normalized spacial score (nSPS) is 14.4. The zero-order valence-electron chi connectivity index (χ0n) is 16.8. The quantitative estimate of drug-likeness (QED) is 0.508. The van der Waals surface area contributed by atoms with Gasteiger partial charge in [-0.1, -0.05) is 18.2 Å². The molecule has 0 aromatic carbocycles. The molecule has 1 aliphatic heterocycles. The van der Waals surface area contributed by atoms with Crippen molar-refractivity contribution in [2.45, 2.75) is 25.4 Å². The van der Waals surface area contributed by atoms with Gasteiger partial charge in [0.1, 0.15) is 11.3 Å². The van der Waals surface area contributed by atoms with Crippen LogP contribution in [0.2, 0.25) is 5.02 Å². The number of aromatic nitrogens is 4. The van der Waals surface area contributed by atoms with Crippen molar-refractivity contribution in [2.24, 2.45) is 0 Å². The van der Waals surface area contributed by atoms with Crippen molar-refractivity contribution in [3.8, 4) is 0 Å². The van der Waals surface area contributed by atoms with Crippen LogP contribution in [0.1, 0.15) is 28.9 Å². The highest BCUT2D eigenvalue weighted by molar-refractivity contribution is 6.30. The molecule has 0 unspecified atom stereocenters. The lowest BCUT2D eigenvalue weighted by molar-refractivity contribution is -0.126. The van der Waals surface area contributed by atoms with Crippen LogP contribution in [0.5, 0.6) is 0 Å². The van der Waals surface area contributed by atoms with Crippen molar-refractivity contribution in [3.05, 3.63) is 59.7 Å². The zero-order chi connectivity index (χ0) is 21.8. The Kier molecular flexibility index (Phi) is 6.13. The molecule has 1 saturated heterocycles. The van der Waals surface area contributed by atoms with Crippen LogP contribution in [0.15, 0.2) is 43.4 Å². The molecule has 0 spiro atoms. The van der Waals surface area contributed by atoms with E-state index in [-0.39, 0.29) is 24.4 Å². The Labute approximate surface area is 183 Å². The van der Waals surface area contributed by atoms with Crippen LogP contribution >= 0.6 is 11.6 Å². The molecule has 9 nitrogen and oxygen atoms in total. The largest absolute Gasteiger partial charge is 0.366 e. The number of carbonyl (C=O) groups is 2. The molecule has 2 amide bonds. The third kappa shape index (κ3) is 4.83. The lowest BCUT2D eigenvalue weighted by atomic mass is 10.1. The summed E-state index contributed by atoms with van der Waals surface area (Å²) in [7, 11) is 0. The fourth-order valence-corrected chi connectivity index (χ4v) is 3.61. The lowest BCUT2D eigenvalue weighted by Gasteiger charge is -2.31. The number of aromatic amines is 1. The number of hydrogen-bond acceptors (Lipinski definition) is 6. The monoisotopic (exact) mass is 439 g/mol. The Bertz CT molecular complexity index is 1100. The summed E-state index contributed by atoms with van der Waals surface area (Å²) in [5.41, 5.74) is 2.14. The van der Waals surface area contributed by atoms with Gasteiger partial charge in [-0.3, -0.25) is 14.6 Å². The first-order chi connectivity index (χ1) is 15.0. The number of anilines is 1. The van der Waals surface area contributed by atoms with Crippen molar-refractivity contribution in [1.29, 1.82) is 0 Å². The summed E-state index contributed by atoms with van der Waals surface area (Å²) in [4.78, 5) is 42.3. The van der Waals surface area contributed by atoms with Gasteiger partial charge in [0, 0.05) is 31.5 Å². The second-order valence-electron chi connectivity index (χ2n) is 7.25. The number of halogens is 1. The minimum atomic E-state index is -0.273. The highest BCUT2D eigenvalue weighted by atomic mass is 35.5. The molecule has 4 rings (SSSR count). The molecular weight excluding hydrogens is 418 g/mol. The number of hydrogen-bond donors (Lipinski definition) is 3. The molecule has 0 radical (unpaired) electrons. The molecule has 0 bridgehead atoms. The van der Waals surface area contributed by atoms with Crippen LogP contribution < -0.4 is 10.6 Å². The maximum atomic E-state index is 12.7.